The van der Waals surface area contributed by atoms with Gasteiger partial charge < -0.3 is 14.9 Å². The number of hydrogen-bond acceptors (Lipinski definition) is 2. The smallest absolute Gasteiger partial charge is 0.325 e. The summed E-state index contributed by atoms with van der Waals surface area (Å²) in [7, 11) is -4.00. The van der Waals surface area contributed by atoms with E-state index in [2.05, 4.69) is 0 Å². The van der Waals surface area contributed by atoms with Crippen molar-refractivity contribution in [3.8, 4) is 5.75 Å². The van der Waals surface area contributed by atoms with Crippen LogP contribution in [0.2, 0.25) is 0 Å². The summed E-state index contributed by atoms with van der Waals surface area (Å²) < 4.78 is 11.2. The van der Waals surface area contributed by atoms with Gasteiger partial charge in [-0.2, -0.15) is 0 Å². The lowest BCUT2D eigenvalue weighted by molar-refractivity contribution is 0.363. The predicted octanol–water partition coefficient (Wildman–Crippen LogP) is 4.48. The second-order valence-electron chi connectivity index (χ2n) is 7.33. The Hall–Kier alpha value is -0.830. The molecular formula is C17H29O4P. The molecule has 0 atom stereocenters. The fraction of sp³-hybridized carbons (Fsp3) is 0.647. The molecule has 0 aromatic heterocycles. The zero-order valence-electron chi connectivity index (χ0n) is 14.4. The van der Waals surface area contributed by atoms with E-state index in [1.165, 1.54) is 0 Å². The minimum absolute atomic E-state index is 0.130. The number of phenolic OH excluding ortho intramolecular Hbond substituents is 1. The third kappa shape index (κ3) is 4.84. The number of hydrogen-bond donors (Lipinski definition) is 3. The summed E-state index contributed by atoms with van der Waals surface area (Å²) in [6.45, 7) is 12.1. The molecule has 0 radical (unpaired) electrons. The van der Waals surface area contributed by atoms with Crippen LogP contribution in [0, 0.1) is 0 Å². The number of benzene rings is 1. The molecule has 0 aliphatic heterocycles. The fourth-order valence-electron chi connectivity index (χ4n) is 2.52. The van der Waals surface area contributed by atoms with Gasteiger partial charge in [-0.15, -0.1) is 0 Å². The second kappa shape index (κ2) is 6.74. The highest BCUT2D eigenvalue weighted by Gasteiger charge is 2.27. The fourth-order valence-corrected chi connectivity index (χ4v) is 3.37. The summed E-state index contributed by atoms with van der Waals surface area (Å²) in [6, 6.07) is 3.96. The molecule has 3 N–H and O–H groups in total. The zero-order valence-corrected chi connectivity index (χ0v) is 15.3. The van der Waals surface area contributed by atoms with Crippen molar-refractivity contribution >= 4 is 7.60 Å². The van der Waals surface area contributed by atoms with E-state index in [1.807, 2.05) is 53.7 Å². The summed E-state index contributed by atoms with van der Waals surface area (Å²) in [5.74, 6) is 0.726. The van der Waals surface area contributed by atoms with Gasteiger partial charge in [-0.05, 0) is 40.4 Å². The highest BCUT2D eigenvalue weighted by molar-refractivity contribution is 7.51. The van der Waals surface area contributed by atoms with Crippen LogP contribution in [0.5, 0.6) is 5.75 Å². The van der Waals surface area contributed by atoms with E-state index in [0.29, 0.717) is 12.2 Å². The number of rotatable bonds is 6. The predicted molar refractivity (Wildman–Crippen MR) is 90.8 cm³/mol. The summed E-state index contributed by atoms with van der Waals surface area (Å²) in [5.41, 5.74) is 2.45. The Morgan fingerprint density at radius 1 is 1.05 bits per heavy atom. The van der Waals surface area contributed by atoms with E-state index in [4.69, 9.17) is 9.79 Å². The molecule has 1 aromatic rings. The molecular weight excluding hydrogens is 299 g/mol. The molecule has 0 aliphatic rings. The molecule has 0 bridgehead atoms. The summed E-state index contributed by atoms with van der Waals surface area (Å²) in [6.07, 6.45) is 0.270. The number of aromatic hydroxyl groups is 1. The maximum atomic E-state index is 11.2. The van der Waals surface area contributed by atoms with Gasteiger partial charge in [-0.3, -0.25) is 4.57 Å². The van der Waals surface area contributed by atoms with Crippen LogP contribution in [0.3, 0.4) is 0 Å². The zero-order chi connectivity index (χ0) is 17.3. The van der Waals surface area contributed by atoms with Crippen LogP contribution in [0.1, 0.15) is 76.5 Å². The van der Waals surface area contributed by atoms with Crippen LogP contribution >= 0.6 is 7.60 Å². The first kappa shape index (κ1) is 19.2. The van der Waals surface area contributed by atoms with E-state index >= 15 is 0 Å². The Labute approximate surface area is 133 Å². The third-order valence-electron chi connectivity index (χ3n) is 4.22. The highest BCUT2D eigenvalue weighted by Crippen LogP contribution is 2.42. The number of phenols is 1. The van der Waals surface area contributed by atoms with E-state index < -0.39 is 7.60 Å². The molecule has 1 rings (SSSR count). The minimum Gasteiger partial charge on any atom is -0.507 e. The minimum atomic E-state index is -4.00. The Morgan fingerprint density at radius 2 is 1.45 bits per heavy atom. The van der Waals surface area contributed by atoms with Crippen molar-refractivity contribution in [2.45, 2.75) is 65.2 Å². The summed E-state index contributed by atoms with van der Waals surface area (Å²) >= 11 is 0. The van der Waals surface area contributed by atoms with Gasteiger partial charge in [0, 0.05) is 0 Å². The lowest BCUT2D eigenvalue weighted by Gasteiger charge is -2.28. The Balaban J connectivity index is 3.31. The summed E-state index contributed by atoms with van der Waals surface area (Å²) in [5, 5.41) is 10.5. The average Bonchev–Trinajstić information content (AvgIpc) is 2.35. The second-order valence-corrected chi connectivity index (χ2v) is 9.11. The first-order chi connectivity index (χ1) is 9.85. The van der Waals surface area contributed by atoms with Crippen molar-refractivity contribution < 1.29 is 19.5 Å². The van der Waals surface area contributed by atoms with E-state index in [-0.39, 0.29) is 23.4 Å². The normalized spacial score (nSPS) is 13.2. The standard InChI is InChI=1S/C17H29O4P/c1-11(2)14-9-13(10-15(12(3)4)16(14)18)17(5,6)7-8-22(19,20)21/h9-12,18H,7-8H2,1-6H3,(H2,19,20,21). The first-order valence-corrected chi connectivity index (χ1v) is 9.57. The van der Waals surface area contributed by atoms with Crippen LogP contribution in [-0.2, 0) is 9.98 Å². The molecule has 0 heterocycles. The molecule has 126 valence electrons. The maximum Gasteiger partial charge on any atom is 0.325 e. The van der Waals surface area contributed by atoms with Crippen molar-refractivity contribution in [1.29, 1.82) is 0 Å². The topological polar surface area (TPSA) is 77.8 Å². The van der Waals surface area contributed by atoms with Crippen molar-refractivity contribution in [2.75, 3.05) is 6.16 Å². The Morgan fingerprint density at radius 3 is 1.77 bits per heavy atom. The van der Waals surface area contributed by atoms with Crippen molar-refractivity contribution in [1.82, 2.24) is 0 Å². The molecule has 0 aliphatic carbocycles. The molecule has 0 saturated heterocycles. The third-order valence-corrected chi connectivity index (χ3v) is 5.03. The van der Waals surface area contributed by atoms with Gasteiger partial charge in [0.1, 0.15) is 5.75 Å². The van der Waals surface area contributed by atoms with E-state index in [9.17, 15) is 9.67 Å². The van der Waals surface area contributed by atoms with Crippen LogP contribution in [0.15, 0.2) is 12.1 Å². The van der Waals surface area contributed by atoms with E-state index in [0.717, 1.165) is 16.7 Å². The van der Waals surface area contributed by atoms with Crippen molar-refractivity contribution in [3.05, 3.63) is 28.8 Å². The van der Waals surface area contributed by atoms with Crippen LogP contribution < -0.4 is 0 Å². The molecule has 1 aromatic carbocycles. The van der Waals surface area contributed by atoms with Gasteiger partial charge in [0.05, 0.1) is 6.16 Å². The van der Waals surface area contributed by atoms with E-state index in [1.54, 1.807) is 0 Å². The molecule has 22 heavy (non-hydrogen) atoms. The van der Waals surface area contributed by atoms with Gasteiger partial charge in [0.15, 0.2) is 0 Å². The molecule has 0 saturated carbocycles. The van der Waals surface area contributed by atoms with Crippen molar-refractivity contribution in [3.63, 3.8) is 0 Å². The average molecular weight is 328 g/mol. The van der Waals surface area contributed by atoms with Gasteiger partial charge in [0.2, 0.25) is 0 Å². The van der Waals surface area contributed by atoms with Gasteiger partial charge in [-0.1, -0.05) is 53.7 Å². The Kier molecular flexibility index (Phi) is 5.88. The van der Waals surface area contributed by atoms with Gasteiger partial charge in [0.25, 0.3) is 0 Å². The molecule has 0 unspecified atom stereocenters. The molecule has 4 nitrogen and oxygen atoms in total. The van der Waals surface area contributed by atoms with Gasteiger partial charge >= 0.3 is 7.60 Å². The van der Waals surface area contributed by atoms with Crippen molar-refractivity contribution in [2.24, 2.45) is 0 Å². The largest absolute Gasteiger partial charge is 0.507 e. The van der Waals surface area contributed by atoms with Crippen LogP contribution in [0.4, 0.5) is 0 Å². The van der Waals surface area contributed by atoms with Crippen LogP contribution in [-0.4, -0.2) is 21.1 Å². The lowest BCUT2D eigenvalue weighted by atomic mass is 9.78. The highest BCUT2D eigenvalue weighted by atomic mass is 31.2. The maximum absolute atomic E-state index is 11.2. The van der Waals surface area contributed by atoms with Gasteiger partial charge in [-0.25, -0.2) is 0 Å². The summed E-state index contributed by atoms with van der Waals surface area (Å²) in [4.78, 5) is 18.3. The van der Waals surface area contributed by atoms with Crippen LogP contribution in [0.25, 0.3) is 0 Å². The monoisotopic (exact) mass is 328 g/mol. The first-order valence-electron chi connectivity index (χ1n) is 7.77. The molecule has 0 amide bonds. The molecule has 0 fully saturated rings. The quantitative estimate of drug-likeness (QED) is 0.673. The molecule has 0 spiro atoms. The SMILES string of the molecule is CC(C)c1cc(C(C)(C)CCP(=O)(O)O)cc(C(C)C)c1O. The molecule has 5 heteroatoms. The Bertz CT molecular complexity index is 541. The lowest BCUT2D eigenvalue weighted by Crippen LogP contribution is -2.20.